The predicted molar refractivity (Wildman–Crippen MR) is 104 cm³/mol. The minimum atomic E-state index is -3.96. The molecule has 6 nitrogen and oxygen atoms in total. The fourth-order valence-electron chi connectivity index (χ4n) is 2.53. The van der Waals surface area contributed by atoms with Gasteiger partial charge in [0, 0.05) is 0 Å². The van der Waals surface area contributed by atoms with E-state index in [4.69, 9.17) is 9.47 Å². The summed E-state index contributed by atoms with van der Waals surface area (Å²) in [5, 5.41) is 2.66. The zero-order chi connectivity index (χ0) is 20.2. The Labute approximate surface area is 159 Å². The molecule has 0 saturated carbocycles. The van der Waals surface area contributed by atoms with Crippen molar-refractivity contribution in [2.45, 2.75) is 24.8 Å². The van der Waals surface area contributed by atoms with Gasteiger partial charge in [-0.15, -0.1) is 0 Å². The second-order valence-electron chi connectivity index (χ2n) is 6.05. The van der Waals surface area contributed by atoms with Crippen LogP contribution >= 0.6 is 0 Å². The monoisotopic (exact) mass is 389 g/mol. The number of carbonyl (C=O) groups excluding carboxylic acids is 1. The lowest BCUT2D eigenvalue weighted by atomic mass is 10.1. The van der Waals surface area contributed by atoms with Gasteiger partial charge in [0.15, 0.2) is 11.5 Å². The number of amides is 1. The first-order chi connectivity index (χ1) is 12.7. The lowest BCUT2D eigenvalue weighted by Gasteiger charge is -2.17. The molecule has 1 unspecified atom stereocenters. The molecule has 0 aliphatic carbocycles. The topological polar surface area (TPSA) is 81.7 Å². The second kappa shape index (κ2) is 8.26. The van der Waals surface area contributed by atoms with Crippen LogP contribution in [0.1, 0.15) is 24.1 Å². The summed E-state index contributed by atoms with van der Waals surface area (Å²) in [5.74, 6) is 0.326. The molecule has 0 aliphatic rings. The van der Waals surface area contributed by atoms with Crippen molar-refractivity contribution in [3.63, 3.8) is 0 Å². The molecule has 27 heavy (non-hydrogen) atoms. The highest BCUT2D eigenvalue weighted by molar-refractivity contribution is 7.96. The number of nitrogens with one attached hydrogen (secondary N) is 1. The normalized spacial score (nSPS) is 12.1. The van der Waals surface area contributed by atoms with Crippen LogP contribution < -0.4 is 14.8 Å². The maximum absolute atomic E-state index is 12.6. The quantitative estimate of drug-likeness (QED) is 0.736. The summed E-state index contributed by atoms with van der Waals surface area (Å²) < 4.78 is 35.7. The number of methoxy groups -OCH3 is 2. The maximum Gasteiger partial charge on any atom is 0.263 e. The Morgan fingerprint density at radius 3 is 2.33 bits per heavy atom. The van der Waals surface area contributed by atoms with Crippen molar-refractivity contribution >= 4 is 15.7 Å². The van der Waals surface area contributed by atoms with Gasteiger partial charge in [-0.25, -0.2) is 8.42 Å². The van der Waals surface area contributed by atoms with Crippen LogP contribution in [-0.4, -0.2) is 28.5 Å². The number of ether oxygens (including phenoxy) is 2. The third-order valence-corrected chi connectivity index (χ3v) is 5.84. The number of rotatable bonds is 7. The molecule has 0 aliphatic heterocycles. The van der Waals surface area contributed by atoms with Crippen LogP contribution in [0.4, 0.5) is 0 Å². The average molecular weight is 389 g/mol. The molecule has 0 bridgehead atoms. The van der Waals surface area contributed by atoms with Crippen molar-refractivity contribution in [2.24, 2.45) is 0 Å². The van der Waals surface area contributed by atoms with E-state index >= 15 is 0 Å². The standard InChI is InChI=1S/C20H23NO5S/c1-13-7-6-8-17(11-13)27(23,24)15(3)20(22)21-14(2)16-9-10-18(25-4)19(12-16)26-5/h6-12,14H,3H2,1-2,4-5H3,(H,21,22). The van der Waals surface area contributed by atoms with Crippen LogP contribution in [-0.2, 0) is 14.6 Å². The molecular weight excluding hydrogens is 366 g/mol. The summed E-state index contributed by atoms with van der Waals surface area (Å²) >= 11 is 0. The Morgan fingerprint density at radius 1 is 1.07 bits per heavy atom. The molecule has 0 saturated heterocycles. The van der Waals surface area contributed by atoms with Gasteiger partial charge in [0.05, 0.1) is 25.2 Å². The van der Waals surface area contributed by atoms with Gasteiger partial charge in [0.2, 0.25) is 9.84 Å². The lowest BCUT2D eigenvalue weighted by Crippen LogP contribution is -2.30. The van der Waals surface area contributed by atoms with Gasteiger partial charge in [0.1, 0.15) is 4.91 Å². The van der Waals surface area contributed by atoms with Gasteiger partial charge in [-0.2, -0.15) is 0 Å². The van der Waals surface area contributed by atoms with Crippen molar-refractivity contribution in [3.8, 4) is 11.5 Å². The van der Waals surface area contributed by atoms with E-state index in [0.717, 1.165) is 11.1 Å². The average Bonchev–Trinajstić information content (AvgIpc) is 2.66. The van der Waals surface area contributed by atoms with Crippen molar-refractivity contribution in [1.82, 2.24) is 5.32 Å². The van der Waals surface area contributed by atoms with E-state index in [-0.39, 0.29) is 4.90 Å². The number of hydrogen-bond donors (Lipinski definition) is 1. The smallest absolute Gasteiger partial charge is 0.263 e. The first kappa shape index (κ1) is 20.5. The van der Waals surface area contributed by atoms with E-state index in [2.05, 4.69) is 11.9 Å². The fraction of sp³-hybridized carbons (Fsp3) is 0.250. The minimum Gasteiger partial charge on any atom is -0.493 e. The van der Waals surface area contributed by atoms with Crippen molar-refractivity contribution < 1.29 is 22.7 Å². The molecule has 0 heterocycles. The van der Waals surface area contributed by atoms with Crippen LogP contribution in [0.2, 0.25) is 0 Å². The molecule has 1 N–H and O–H groups in total. The van der Waals surface area contributed by atoms with Gasteiger partial charge in [-0.1, -0.05) is 24.8 Å². The van der Waals surface area contributed by atoms with E-state index in [9.17, 15) is 13.2 Å². The van der Waals surface area contributed by atoms with E-state index in [1.165, 1.54) is 26.4 Å². The van der Waals surface area contributed by atoms with Gasteiger partial charge >= 0.3 is 0 Å². The number of aryl methyl sites for hydroxylation is 1. The van der Waals surface area contributed by atoms with Crippen LogP contribution in [0.25, 0.3) is 0 Å². The summed E-state index contributed by atoms with van der Waals surface area (Å²) in [5.41, 5.74) is 1.52. The van der Waals surface area contributed by atoms with E-state index < -0.39 is 26.7 Å². The molecule has 7 heteroatoms. The molecular formula is C20H23NO5S. The number of sulfone groups is 1. The van der Waals surface area contributed by atoms with E-state index in [0.29, 0.717) is 11.5 Å². The van der Waals surface area contributed by atoms with Crippen LogP contribution in [0.5, 0.6) is 11.5 Å². The van der Waals surface area contributed by atoms with Gasteiger partial charge < -0.3 is 14.8 Å². The van der Waals surface area contributed by atoms with Crippen molar-refractivity contribution in [1.29, 1.82) is 0 Å². The van der Waals surface area contributed by atoms with Gasteiger partial charge in [-0.3, -0.25) is 4.79 Å². The second-order valence-corrected chi connectivity index (χ2v) is 8.02. The summed E-state index contributed by atoms with van der Waals surface area (Å²) in [7, 11) is -0.918. The summed E-state index contributed by atoms with van der Waals surface area (Å²) in [4.78, 5) is 12.0. The summed E-state index contributed by atoms with van der Waals surface area (Å²) in [6.45, 7) is 7.02. The van der Waals surface area contributed by atoms with Crippen LogP contribution in [0.15, 0.2) is 58.8 Å². The zero-order valence-electron chi connectivity index (χ0n) is 15.8. The maximum atomic E-state index is 12.6. The highest BCUT2D eigenvalue weighted by atomic mass is 32.2. The van der Waals surface area contributed by atoms with Crippen molar-refractivity contribution in [3.05, 3.63) is 65.1 Å². The van der Waals surface area contributed by atoms with Crippen molar-refractivity contribution in [2.75, 3.05) is 14.2 Å². The van der Waals surface area contributed by atoms with Gasteiger partial charge in [-0.05, 0) is 49.2 Å². The molecule has 0 spiro atoms. The van der Waals surface area contributed by atoms with Crippen LogP contribution in [0.3, 0.4) is 0 Å². The molecule has 1 amide bonds. The number of carbonyl (C=O) groups is 1. The Bertz CT molecular complexity index is 966. The molecule has 0 aromatic heterocycles. The fourth-order valence-corrected chi connectivity index (χ4v) is 3.72. The first-order valence-electron chi connectivity index (χ1n) is 8.24. The Kier molecular flexibility index (Phi) is 6.28. The minimum absolute atomic E-state index is 0.0430. The van der Waals surface area contributed by atoms with E-state index in [1.807, 2.05) is 0 Å². The first-order valence-corrected chi connectivity index (χ1v) is 9.72. The molecule has 0 fully saturated rings. The highest BCUT2D eigenvalue weighted by Crippen LogP contribution is 2.30. The Balaban J connectivity index is 2.20. The third kappa shape index (κ3) is 4.49. The molecule has 1 atom stereocenters. The van der Waals surface area contributed by atoms with E-state index in [1.54, 1.807) is 44.2 Å². The molecule has 2 aromatic rings. The summed E-state index contributed by atoms with van der Waals surface area (Å²) in [6, 6.07) is 11.1. The van der Waals surface area contributed by atoms with Gasteiger partial charge in [0.25, 0.3) is 5.91 Å². The number of benzene rings is 2. The third-order valence-electron chi connectivity index (χ3n) is 4.13. The summed E-state index contributed by atoms with van der Waals surface area (Å²) in [6.07, 6.45) is 0. The zero-order valence-corrected chi connectivity index (χ0v) is 16.6. The van der Waals surface area contributed by atoms with Crippen LogP contribution in [0, 0.1) is 6.92 Å². The lowest BCUT2D eigenvalue weighted by molar-refractivity contribution is -0.117. The number of hydrogen-bond acceptors (Lipinski definition) is 5. The SMILES string of the molecule is C=C(C(=O)NC(C)c1ccc(OC)c(OC)c1)S(=O)(=O)c1cccc(C)c1. The molecule has 2 rings (SSSR count). The largest absolute Gasteiger partial charge is 0.493 e. The Hall–Kier alpha value is -2.80. The molecule has 2 aromatic carbocycles. The Morgan fingerprint density at radius 2 is 1.74 bits per heavy atom. The highest BCUT2D eigenvalue weighted by Gasteiger charge is 2.26. The molecule has 0 radical (unpaired) electrons. The molecule has 144 valence electrons. The predicted octanol–water partition coefficient (Wildman–Crippen LogP) is 3.18.